The lowest BCUT2D eigenvalue weighted by molar-refractivity contribution is -0.167. The van der Waals surface area contributed by atoms with E-state index < -0.39 is 6.10 Å². The van der Waals surface area contributed by atoms with Gasteiger partial charge in [0.15, 0.2) is 6.10 Å². The Labute approximate surface area is 329 Å². The van der Waals surface area contributed by atoms with Crippen LogP contribution < -0.4 is 0 Å². The minimum atomic E-state index is -0.759. The molecule has 6 nitrogen and oxygen atoms in total. The lowest BCUT2D eigenvalue weighted by Crippen LogP contribution is -2.30. The molecule has 0 N–H and O–H groups in total. The summed E-state index contributed by atoms with van der Waals surface area (Å²) in [6, 6.07) is 0. The monoisotopic (exact) mass is 751 g/mol. The van der Waals surface area contributed by atoms with Gasteiger partial charge in [-0.2, -0.15) is 0 Å². The maximum atomic E-state index is 12.7. The lowest BCUT2D eigenvalue weighted by atomic mass is 9.99. The molecule has 53 heavy (non-hydrogen) atoms. The van der Waals surface area contributed by atoms with Crippen LogP contribution in [0.3, 0.4) is 0 Å². The molecule has 0 bridgehead atoms. The van der Waals surface area contributed by atoms with Gasteiger partial charge in [-0.05, 0) is 25.2 Å². The van der Waals surface area contributed by atoms with Crippen molar-refractivity contribution >= 4 is 17.9 Å². The quantitative estimate of drug-likeness (QED) is 0.0351. The lowest BCUT2D eigenvalue weighted by Gasteiger charge is -2.18. The van der Waals surface area contributed by atoms with Crippen molar-refractivity contribution in [2.45, 2.75) is 265 Å². The van der Waals surface area contributed by atoms with Crippen LogP contribution in [0.1, 0.15) is 259 Å². The molecular weight excluding hydrogens is 661 g/mol. The van der Waals surface area contributed by atoms with Crippen molar-refractivity contribution in [1.82, 2.24) is 0 Å². The zero-order valence-corrected chi connectivity index (χ0v) is 36.0. The number of unbranched alkanes of at least 4 members (excludes halogenated alkanes) is 28. The van der Waals surface area contributed by atoms with E-state index in [-0.39, 0.29) is 31.1 Å². The van der Waals surface area contributed by atoms with Crippen molar-refractivity contribution in [3.8, 4) is 0 Å². The molecule has 0 aliphatic rings. The van der Waals surface area contributed by atoms with E-state index in [1.165, 1.54) is 154 Å². The largest absolute Gasteiger partial charge is 0.462 e. The highest BCUT2D eigenvalue weighted by Crippen LogP contribution is 2.17. The highest BCUT2D eigenvalue weighted by molar-refractivity contribution is 5.71. The number of carbonyl (C=O) groups is 3. The van der Waals surface area contributed by atoms with Crippen LogP contribution in [0.4, 0.5) is 0 Å². The number of esters is 3. The fourth-order valence-corrected chi connectivity index (χ4v) is 6.95. The summed E-state index contributed by atoms with van der Waals surface area (Å²) in [6.07, 6.45) is 40.8. The van der Waals surface area contributed by atoms with Gasteiger partial charge in [-0.1, -0.05) is 220 Å². The van der Waals surface area contributed by atoms with Crippen molar-refractivity contribution in [3.63, 3.8) is 0 Å². The third kappa shape index (κ3) is 39.9. The third-order valence-corrected chi connectivity index (χ3v) is 10.9. The van der Waals surface area contributed by atoms with E-state index in [0.717, 1.165) is 63.7 Å². The van der Waals surface area contributed by atoms with Crippen LogP contribution in [0.2, 0.25) is 0 Å². The number of rotatable bonds is 42. The molecule has 314 valence electrons. The first-order chi connectivity index (χ1) is 25.9. The number of carbonyl (C=O) groups excluding carboxylic acids is 3. The summed E-state index contributed by atoms with van der Waals surface area (Å²) < 4.78 is 16.7. The standard InChI is InChI=1S/C47H90O6/c1-5-8-10-12-14-16-17-18-19-20-22-26-30-34-38-45(48)51-41-44(53-47(50)40-36-32-28-21-15-13-11-9-6-2)42-52-46(49)39-35-31-27-24-23-25-29-33-37-43(4)7-3/h43-44H,5-42H2,1-4H3/t43?,44-/m0/s1. The highest BCUT2D eigenvalue weighted by atomic mass is 16.6. The predicted molar refractivity (Wildman–Crippen MR) is 224 cm³/mol. The molecule has 0 aliphatic heterocycles. The molecule has 0 rings (SSSR count). The van der Waals surface area contributed by atoms with Crippen LogP contribution in [0.25, 0.3) is 0 Å². The average Bonchev–Trinajstić information content (AvgIpc) is 3.15. The fraction of sp³-hybridized carbons (Fsp3) is 0.936. The topological polar surface area (TPSA) is 78.9 Å². The van der Waals surface area contributed by atoms with Gasteiger partial charge in [-0.25, -0.2) is 0 Å². The minimum Gasteiger partial charge on any atom is -0.462 e. The average molecular weight is 751 g/mol. The van der Waals surface area contributed by atoms with Crippen LogP contribution in [0.15, 0.2) is 0 Å². The smallest absolute Gasteiger partial charge is 0.306 e. The molecule has 2 atom stereocenters. The first kappa shape index (κ1) is 51.4. The van der Waals surface area contributed by atoms with Gasteiger partial charge in [0.25, 0.3) is 0 Å². The summed E-state index contributed by atoms with van der Waals surface area (Å²) >= 11 is 0. The molecular formula is C47H90O6. The van der Waals surface area contributed by atoms with Gasteiger partial charge >= 0.3 is 17.9 Å². The van der Waals surface area contributed by atoms with E-state index in [1.54, 1.807) is 0 Å². The van der Waals surface area contributed by atoms with Gasteiger partial charge in [0.2, 0.25) is 0 Å². The van der Waals surface area contributed by atoms with Crippen molar-refractivity contribution in [3.05, 3.63) is 0 Å². The summed E-state index contributed by atoms with van der Waals surface area (Å²) in [5, 5.41) is 0. The minimum absolute atomic E-state index is 0.0639. The molecule has 0 spiro atoms. The van der Waals surface area contributed by atoms with Crippen LogP contribution in [-0.4, -0.2) is 37.2 Å². The molecule has 0 aliphatic carbocycles. The number of hydrogen-bond acceptors (Lipinski definition) is 6. The van der Waals surface area contributed by atoms with Crippen LogP contribution in [-0.2, 0) is 28.6 Å². The van der Waals surface area contributed by atoms with E-state index in [2.05, 4.69) is 27.7 Å². The first-order valence-electron chi connectivity index (χ1n) is 23.4. The Balaban J connectivity index is 4.29. The van der Waals surface area contributed by atoms with Gasteiger partial charge < -0.3 is 14.2 Å². The highest BCUT2D eigenvalue weighted by Gasteiger charge is 2.19. The summed E-state index contributed by atoms with van der Waals surface area (Å²) in [5.41, 5.74) is 0. The maximum absolute atomic E-state index is 12.7. The van der Waals surface area contributed by atoms with Crippen molar-refractivity contribution in [2.24, 2.45) is 5.92 Å². The predicted octanol–water partition coefficient (Wildman–Crippen LogP) is 14.7. The Hall–Kier alpha value is -1.59. The normalized spacial score (nSPS) is 12.5. The zero-order valence-electron chi connectivity index (χ0n) is 36.0. The maximum Gasteiger partial charge on any atom is 0.306 e. The Morgan fingerprint density at radius 3 is 0.981 bits per heavy atom. The number of ether oxygens (including phenoxy) is 3. The molecule has 0 amide bonds. The summed E-state index contributed by atoms with van der Waals surface area (Å²) in [5.74, 6) is -0.00766. The van der Waals surface area contributed by atoms with Gasteiger partial charge in [0.1, 0.15) is 13.2 Å². The Morgan fingerprint density at radius 1 is 0.377 bits per heavy atom. The van der Waals surface area contributed by atoms with E-state index >= 15 is 0 Å². The molecule has 0 aromatic heterocycles. The first-order valence-corrected chi connectivity index (χ1v) is 23.4. The van der Waals surface area contributed by atoms with E-state index in [1.807, 2.05) is 0 Å². The van der Waals surface area contributed by atoms with Crippen LogP contribution in [0.5, 0.6) is 0 Å². The zero-order chi connectivity index (χ0) is 38.9. The second-order valence-corrected chi connectivity index (χ2v) is 16.3. The van der Waals surface area contributed by atoms with Crippen LogP contribution in [0, 0.1) is 5.92 Å². The Bertz CT molecular complexity index is 798. The molecule has 0 saturated carbocycles. The van der Waals surface area contributed by atoms with Crippen molar-refractivity contribution in [2.75, 3.05) is 13.2 Å². The molecule has 0 radical (unpaired) electrons. The van der Waals surface area contributed by atoms with Gasteiger partial charge in [-0.3, -0.25) is 14.4 Å². The van der Waals surface area contributed by atoms with Crippen molar-refractivity contribution < 1.29 is 28.6 Å². The SMILES string of the molecule is CCCCCCCCCCCCCCCCC(=O)OC[C@@H](COC(=O)CCCCCCCCCCC(C)CC)OC(=O)CCCCCCCCCCC. The van der Waals surface area contributed by atoms with E-state index in [0.29, 0.717) is 19.3 Å². The van der Waals surface area contributed by atoms with Gasteiger partial charge in [0, 0.05) is 19.3 Å². The second-order valence-electron chi connectivity index (χ2n) is 16.3. The Morgan fingerprint density at radius 2 is 0.660 bits per heavy atom. The van der Waals surface area contributed by atoms with Gasteiger partial charge in [0.05, 0.1) is 0 Å². The van der Waals surface area contributed by atoms with Crippen molar-refractivity contribution in [1.29, 1.82) is 0 Å². The third-order valence-electron chi connectivity index (χ3n) is 10.9. The number of hydrogen-bond donors (Lipinski definition) is 0. The summed E-state index contributed by atoms with van der Waals surface area (Å²) in [7, 11) is 0. The van der Waals surface area contributed by atoms with E-state index in [4.69, 9.17) is 14.2 Å². The molecule has 1 unspecified atom stereocenters. The molecule has 0 saturated heterocycles. The molecule has 6 heteroatoms. The summed E-state index contributed by atoms with van der Waals surface area (Å²) in [4.78, 5) is 37.7. The van der Waals surface area contributed by atoms with Gasteiger partial charge in [-0.15, -0.1) is 0 Å². The fourth-order valence-electron chi connectivity index (χ4n) is 6.95. The molecule has 0 heterocycles. The second kappa shape index (κ2) is 41.6. The Kier molecular flexibility index (Phi) is 40.3. The molecule has 0 aromatic rings. The van der Waals surface area contributed by atoms with Crippen LogP contribution >= 0.6 is 0 Å². The summed E-state index contributed by atoms with van der Waals surface area (Å²) in [6.45, 7) is 8.99. The molecule has 0 aromatic carbocycles. The van der Waals surface area contributed by atoms with E-state index in [9.17, 15) is 14.4 Å². The molecule has 0 fully saturated rings.